The van der Waals surface area contributed by atoms with Crippen molar-refractivity contribution in [3.8, 4) is 0 Å². The predicted molar refractivity (Wildman–Crippen MR) is 134 cm³/mol. The second-order valence-electron chi connectivity index (χ2n) is 9.06. The van der Waals surface area contributed by atoms with Crippen LogP contribution in [-0.2, 0) is 21.9 Å². The predicted octanol–water partition coefficient (Wildman–Crippen LogP) is 6.23. The highest BCUT2D eigenvalue weighted by Crippen LogP contribution is 2.31. The lowest BCUT2D eigenvalue weighted by atomic mass is 9.87. The minimum absolute atomic E-state index is 0.190. The Morgan fingerprint density at radius 3 is 2.30 bits per heavy atom. The third kappa shape index (κ3) is 4.61. The van der Waals surface area contributed by atoms with E-state index in [0.29, 0.717) is 17.6 Å². The topological polar surface area (TPSA) is 76.4 Å². The molecule has 0 atom stereocenters. The molecule has 0 bridgehead atoms. The number of rotatable bonds is 5. The monoisotopic (exact) mass is 525 g/mol. The molecule has 3 aromatic carbocycles. The van der Waals surface area contributed by atoms with E-state index in [2.05, 4.69) is 15.9 Å². The Balaban J connectivity index is 1.88. The molecule has 7 heteroatoms. The third-order valence-electron chi connectivity index (χ3n) is 5.62. The van der Waals surface area contributed by atoms with Gasteiger partial charge in [-0.15, -0.1) is 0 Å². The van der Waals surface area contributed by atoms with Crippen LogP contribution >= 0.6 is 15.9 Å². The largest absolute Gasteiger partial charge is 0.478 e. The number of aromatic nitrogens is 1. The summed E-state index contributed by atoms with van der Waals surface area (Å²) in [7, 11) is -3.88. The lowest BCUT2D eigenvalue weighted by molar-refractivity contribution is 0.0697. The quantitative estimate of drug-likeness (QED) is 0.335. The Morgan fingerprint density at radius 1 is 0.970 bits per heavy atom. The summed E-state index contributed by atoms with van der Waals surface area (Å²) < 4.78 is 30.1. The van der Waals surface area contributed by atoms with Gasteiger partial charge in [0, 0.05) is 22.0 Å². The van der Waals surface area contributed by atoms with E-state index in [9.17, 15) is 13.2 Å². The summed E-state index contributed by atoms with van der Waals surface area (Å²) in [4.78, 5) is 11.4. The molecular formula is C26H24BrNO4S. The Labute approximate surface area is 201 Å². The Hall–Kier alpha value is -2.90. The van der Waals surface area contributed by atoms with Crippen LogP contribution in [0.15, 0.2) is 82.2 Å². The van der Waals surface area contributed by atoms with Gasteiger partial charge in [-0.05, 0) is 65.1 Å². The maximum Gasteiger partial charge on any atom is 0.335 e. The highest BCUT2D eigenvalue weighted by Gasteiger charge is 2.25. The standard InChI is InChI=1S/C26H24BrNO4S/c1-26(2,3)20-5-4-6-23(16-20)33(31,32)28-22(15-19-14-21(27)11-12-24(19)28)13-17-7-9-18(10-8-17)25(29)30/h4-12,14-16H,13H2,1-3H3,(H,29,30). The zero-order valence-electron chi connectivity index (χ0n) is 18.5. The van der Waals surface area contributed by atoms with Crippen molar-refractivity contribution in [1.29, 1.82) is 0 Å². The van der Waals surface area contributed by atoms with Crippen LogP contribution in [0.1, 0.15) is 48.0 Å². The first kappa shape index (κ1) is 23.3. The number of nitrogens with zero attached hydrogens (tertiary/aromatic N) is 1. The van der Waals surface area contributed by atoms with Crippen molar-refractivity contribution in [2.75, 3.05) is 0 Å². The molecule has 0 saturated carbocycles. The molecular weight excluding hydrogens is 502 g/mol. The first-order valence-electron chi connectivity index (χ1n) is 10.4. The summed E-state index contributed by atoms with van der Waals surface area (Å²) in [5.74, 6) is -0.998. The van der Waals surface area contributed by atoms with E-state index in [0.717, 1.165) is 21.0 Å². The molecule has 0 spiro atoms. The van der Waals surface area contributed by atoms with Crippen LogP contribution in [0, 0.1) is 0 Å². The van der Waals surface area contributed by atoms with Crippen molar-refractivity contribution in [2.24, 2.45) is 0 Å². The summed E-state index contributed by atoms with van der Waals surface area (Å²) in [6.45, 7) is 6.15. The van der Waals surface area contributed by atoms with Crippen molar-refractivity contribution < 1.29 is 18.3 Å². The molecule has 0 fully saturated rings. The van der Waals surface area contributed by atoms with Crippen molar-refractivity contribution in [3.63, 3.8) is 0 Å². The van der Waals surface area contributed by atoms with Gasteiger partial charge in [-0.2, -0.15) is 0 Å². The fraction of sp³-hybridized carbons (Fsp3) is 0.192. The summed E-state index contributed by atoms with van der Waals surface area (Å²) in [5.41, 5.74) is 2.96. The highest BCUT2D eigenvalue weighted by atomic mass is 79.9. The smallest absolute Gasteiger partial charge is 0.335 e. The van der Waals surface area contributed by atoms with Gasteiger partial charge in [0.15, 0.2) is 0 Å². The zero-order chi connectivity index (χ0) is 24.0. The van der Waals surface area contributed by atoms with Gasteiger partial charge in [0.2, 0.25) is 0 Å². The molecule has 0 saturated heterocycles. The van der Waals surface area contributed by atoms with E-state index in [1.54, 1.807) is 36.4 Å². The molecule has 1 aromatic heterocycles. The second-order valence-corrected chi connectivity index (χ2v) is 11.8. The van der Waals surface area contributed by atoms with Crippen molar-refractivity contribution >= 4 is 42.8 Å². The number of halogens is 1. The van der Waals surface area contributed by atoms with E-state index >= 15 is 0 Å². The van der Waals surface area contributed by atoms with Crippen LogP contribution in [0.5, 0.6) is 0 Å². The molecule has 1 heterocycles. The third-order valence-corrected chi connectivity index (χ3v) is 7.87. The molecule has 0 aliphatic carbocycles. The van der Waals surface area contributed by atoms with Crippen molar-refractivity contribution in [3.05, 3.63) is 99.7 Å². The Bertz CT molecular complexity index is 1460. The van der Waals surface area contributed by atoms with Gasteiger partial charge in [0.1, 0.15) is 0 Å². The average molecular weight is 526 g/mol. The van der Waals surface area contributed by atoms with Gasteiger partial charge in [0.05, 0.1) is 16.0 Å². The normalized spacial score (nSPS) is 12.2. The van der Waals surface area contributed by atoms with E-state index in [1.165, 1.54) is 16.1 Å². The van der Waals surface area contributed by atoms with Gasteiger partial charge < -0.3 is 5.11 Å². The minimum atomic E-state index is -3.88. The number of fused-ring (bicyclic) bond motifs is 1. The second kappa shape index (κ2) is 8.47. The van der Waals surface area contributed by atoms with Crippen LogP contribution in [0.25, 0.3) is 10.9 Å². The summed E-state index contributed by atoms with van der Waals surface area (Å²) in [6.07, 6.45) is 0.338. The molecule has 4 rings (SSSR count). The van der Waals surface area contributed by atoms with Gasteiger partial charge in [0.25, 0.3) is 10.0 Å². The van der Waals surface area contributed by atoms with Gasteiger partial charge in [-0.3, -0.25) is 0 Å². The summed E-state index contributed by atoms with van der Waals surface area (Å²) in [5, 5.41) is 9.96. The molecule has 0 radical (unpaired) electrons. The van der Waals surface area contributed by atoms with Gasteiger partial charge >= 0.3 is 5.97 Å². The maximum absolute atomic E-state index is 13.9. The number of benzene rings is 3. The SMILES string of the molecule is CC(C)(C)c1cccc(S(=O)(=O)n2c(Cc3ccc(C(=O)O)cc3)cc3cc(Br)ccc32)c1. The number of aromatic carboxylic acids is 1. The van der Waals surface area contributed by atoms with Crippen LogP contribution in [-0.4, -0.2) is 23.5 Å². The molecule has 0 aliphatic heterocycles. The molecule has 1 N–H and O–H groups in total. The fourth-order valence-corrected chi connectivity index (χ4v) is 5.80. The molecule has 33 heavy (non-hydrogen) atoms. The first-order chi connectivity index (χ1) is 15.5. The number of hydrogen-bond donors (Lipinski definition) is 1. The molecule has 4 aromatic rings. The molecule has 0 unspecified atom stereocenters. The zero-order valence-corrected chi connectivity index (χ0v) is 20.9. The van der Waals surface area contributed by atoms with Crippen molar-refractivity contribution in [1.82, 2.24) is 3.97 Å². The highest BCUT2D eigenvalue weighted by molar-refractivity contribution is 9.10. The Kier molecular flexibility index (Phi) is 5.97. The summed E-state index contributed by atoms with van der Waals surface area (Å²) >= 11 is 3.47. The number of carboxylic acids is 1. The molecule has 0 aliphatic rings. The summed E-state index contributed by atoms with van der Waals surface area (Å²) in [6, 6.07) is 21.0. The van der Waals surface area contributed by atoms with E-state index in [1.807, 2.05) is 45.0 Å². The molecule has 5 nitrogen and oxygen atoms in total. The van der Waals surface area contributed by atoms with Crippen LogP contribution in [0.4, 0.5) is 0 Å². The van der Waals surface area contributed by atoms with E-state index in [-0.39, 0.29) is 15.9 Å². The number of carbonyl (C=O) groups is 1. The lowest BCUT2D eigenvalue weighted by Crippen LogP contribution is -2.18. The maximum atomic E-state index is 13.9. The first-order valence-corrected chi connectivity index (χ1v) is 12.7. The van der Waals surface area contributed by atoms with Crippen LogP contribution in [0.2, 0.25) is 0 Å². The Morgan fingerprint density at radius 2 is 1.67 bits per heavy atom. The van der Waals surface area contributed by atoms with Crippen LogP contribution in [0.3, 0.4) is 0 Å². The van der Waals surface area contributed by atoms with Crippen molar-refractivity contribution in [2.45, 2.75) is 37.5 Å². The fourth-order valence-electron chi connectivity index (χ4n) is 3.83. The number of carboxylic acid groups (broad SMARTS) is 1. The molecule has 0 amide bonds. The van der Waals surface area contributed by atoms with E-state index < -0.39 is 16.0 Å². The lowest BCUT2D eigenvalue weighted by Gasteiger charge is -2.20. The molecule has 170 valence electrons. The van der Waals surface area contributed by atoms with E-state index in [4.69, 9.17) is 5.11 Å². The minimum Gasteiger partial charge on any atom is -0.478 e. The average Bonchev–Trinajstić information content (AvgIpc) is 3.11. The number of hydrogen-bond acceptors (Lipinski definition) is 3. The van der Waals surface area contributed by atoms with Gasteiger partial charge in [-0.1, -0.05) is 61.0 Å². The van der Waals surface area contributed by atoms with Crippen LogP contribution < -0.4 is 0 Å². The van der Waals surface area contributed by atoms with Gasteiger partial charge in [-0.25, -0.2) is 17.2 Å².